The molecule has 4 rings (SSSR count). The fourth-order valence-electron chi connectivity index (χ4n) is 4.60. The first kappa shape index (κ1) is 19.4. The Morgan fingerprint density at radius 1 is 1.00 bits per heavy atom. The van der Waals surface area contributed by atoms with E-state index in [4.69, 9.17) is 0 Å². The normalized spacial score (nSPS) is 21.6. The summed E-state index contributed by atoms with van der Waals surface area (Å²) in [4.78, 5) is 30.0. The highest BCUT2D eigenvalue weighted by atomic mass is 19.1. The highest BCUT2D eigenvalue weighted by Crippen LogP contribution is 2.38. The van der Waals surface area contributed by atoms with Gasteiger partial charge < -0.3 is 15.1 Å². The van der Waals surface area contributed by atoms with Crippen LogP contribution in [0.25, 0.3) is 0 Å². The van der Waals surface area contributed by atoms with Gasteiger partial charge in [0.1, 0.15) is 11.4 Å². The Kier molecular flexibility index (Phi) is 5.51. The average Bonchev–Trinajstić information content (AvgIpc) is 3.15. The molecular formula is C23H26FN3O2. The quantitative estimate of drug-likeness (QED) is 0.858. The molecule has 6 heteroatoms. The van der Waals surface area contributed by atoms with E-state index in [1.54, 1.807) is 17.0 Å². The molecule has 2 saturated heterocycles. The van der Waals surface area contributed by atoms with Crippen LogP contribution in [-0.2, 0) is 17.9 Å². The predicted octanol–water partition coefficient (Wildman–Crippen LogP) is 3.69. The first-order valence-corrected chi connectivity index (χ1v) is 10.2. The SMILES string of the molecule is O=C(NCc1cccc(F)c1)N1CCCC12CCCN(Cc1ccccc1)C2=O. The summed E-state index contributed by atoms with van der Waals surface area (Å²) in [5.74, 6) is -0.278. The first-order valence-electron chi connectivity index (χ1n) is 10.2. The van der Waals surface area contributed by atoms with Crippen molar-refractivity contribution in [1.82, 2.24) is 15.1 Å². The van der Waals surface area contributed by atoms with Gasteiger partial charge in [-0.25, -0.2) is 9.18 Å². The van der Waals surface area contributed by atoms with Crippen LogP contribution in [0.4, 0.5) is 9.18 Å². The molecule has 1 atom stereocenters. The molecule has 5 nitrogen and oxygen atoms in total. The fourth-order valence-corrected chi connectivity index (χ4v) is 4.60. The lowest BCUT2D eigenvalue weighted by Crippen LogP contribution is -2.62. The minimum absolute atomic E-state index is 0.0472. The number of urea groups is 1. The van der Waals surface area contributed by atoms with E-state index in [-0.39, 0.29) is 24.3 Å². The van der Waals surface area contributed by atoms with Crippen LogP contribution in [0.2, 0.25) is 0 Å². The molecule has 2 aromatic carbocycles. The zero-order chi connectivity index (χ0) is 20.3. The molecule has 0 radical (unpaired) electrons. The zero-order valence-electron chi connectivity index (χ0n) is 16.4. The molecule has 1 unspecified atom stereocenters. The fraction of sp³-hybridized carbons (Fsp3) is 0.391. The number of hydrogen-bond donors (Lipinski definition) is 1. The number of carbonyl (C=O) groups is 2. The largest absolute Gasteiger partial charge is 0.336 e. The molecule has 2 heterocycles. The van der Waals surface area contributed by atoms with Crippen molar-refractivity contribution in [2.45, 2.75) is 44.3 Å². The van der Waals surface area contributed by atoms with Gasteiger partial charge in [-0.05, 0) is 48.9 Å². The Morgan fingerprint density at radius 3 is 2.48 bits per heavy atom. The van der Waals surface area contributed by atoms with Crippen molar-refractivity contribution >= 4 is 11.9 Å². The molecule has 2 aromatic rings. The van der Waals surface area contributed by atoms with Crippen LogP contribution in [-0.4, -0.2) is 40.4 Å². The zero-order valence-corrected chi connectivity index (χ0v) is 16.4. The third-order valence-corrected chi connectivity index (χ3v) is 5.99. The second kappa shape index (κ2) is 8.23. The lowest BCUT2D eigenvalue weighted by Gasteiger charge is -2.44. The topological polar surface area (TPSA) is 52.7 Å². The van der Waals surface area contributed by atoms with E-state index in [0.29, 0.717) is 38.0 Å². The Balaban J connectivity index is 1.46. The van der Waals surface area contributed by atoms with Crippen molar-refractivity contribution in [2.24, 2.45) is 0 Å². The van der Waals surface area contributed by atoms with Crippen molar-refractivity contribution in [2.75, 3.05) is 13.1 Å². The van der Waals surface area contributed by atoms with E-state index in [0.717, 1.165) is 18.4 Å². The summed E-state index contributed by atoms with van der Waals surface area (Å²) in [6.45, 7) is 2.10. The van der Waals surface area contributed by atoms with Gasteiger partial charge in [-0.15, -0.1) is 0 Å². The van der Waals surface area contributed by atoms with Crippen molar-refractivity contribution < 1.29 is 14.0 Å². The van der Waals surface area contributed by atoms with Crippen molar-refractivity contribution in [3.63, 3.8) is 0 Å². The molecule has 0 saturated carbocycles. The van der Waals surface area contributed by atoms with Gasteiger partial charge in [-0.1, -0.05) is 42.5 Å². The summed E-state index contributed by atoms with van der Waals surface area (Å²) in [5.41, 5.74) is 1.05. The van der Waals surface area contributed by atoms with Crippen LogP contribution >= 0.6 is 0 Å². The van der Waals surface area contributed by atoms with Crippen LogP contribution in [0.1, 0.15) is 36.8 Å². The van der Waals surface area contributed by atoms with Crippen LogP contribution in [0.15, 0.2) is 54.6 Å². The van der Waals surface area contributed by atoms with Crippen LogP contribution < -0.4 is 5.32 Å². The van der Waals surface area contributed by atoms with E-state index in [1.807, 2.05) is 35.2 Å². The van der Waals surface area contributed by atoms with Crippen LogP contribution in [0.5, 0.6) is 0 Å². The van der Waals surface area contributed by atoms with Crippen molar-refractivity contribution in [3.05, 3.63) is 71.5 Å². The van der Waals surface area contributed by atoms with Gasteiger partial charge in [0, 0.05) is 26.2 Å². The number of benzene rings is 2. The Bertz CT molecular complexity index is 889. The van der Waals surface area contributed by atoms with Gasteiger partial charge in [0.25, 0.3) is 0 Å². The van der Waals surface area contributed by atoms with Gasteiger partial charge in [0.15, 0.2) is 0 Å². The standard InChI is InChI=1S/C23H26FN3O2/c24-20-10-4-9-19(15-20)16-25-22(29)27-14-6-12-23(27)11-5-13-26(21(23)28)17-18-7-2-1-3-8-18/h1-4,7-10,15H,5-6,11-14,16-17H2,(H,25,29). The summed E-state index contributed by atoms with van der Waals surface area (Å²) in [7, 11) is 0. The summed E-state index contributed by atoms with van der Waals surface area (Å²) < 4.78 is 13.4. The molecule has 0 bridgehead atoms. The molecule has 3 amide bonds. The molecule has 2 aliphatic rings. The predicted molar refractivity (Wildman–Crippen MR) is 108 cm³/mol. The highest BCUT2D eigenvalue weighted by Gasteiger charge is 2.52. The molecule has 0 aromatic heterocycles. The van der Waals surface area contributed by atoms with E-state index in [1.165, 1.54) is 12.1 Å². The lowest BCUT2D eigenvalue weighted by atomic mass is 9.85. The van der Waals surface area contributed by atoms with E-state index < -0.39 is 5.54 Å². The third-order valence-electron chi connectivity index (χ3n) is 5.99. The number of hydrogen-bond acceptors (Lipinski definition) is 2. The summed E-state index contributed by atoms with van der Waals surface area (Å²) in [6, 6.07) is 15.9. The molecule has 0 aliphatic carbocycles. The Hall–Kier alpha value is -2.89. The van der Waals surface area contributed by atoms with E-state index in [2.05, 4.69) is 5.32 Å². The molecule has 2 fully saturated rings. The number of piperidine rings is 1. The number of amides is 3. The number of likely N-dealkylation sites (tertiary alicyclic amines) is 2. The molecular weight excluding hydrogens is 369 g/mol. The monoisotopic (exact) mass is 395 g/mol. The number of halogens is 1. The van der Waals surface area contributed by atoms with E-state index >= 15 is 0 Å². The maximum Gasteiger partial charge on any atom is 0.318 e. The van der Waals surface area contributed by atoms with Crippen LogP contribution in [0, 0.1) is 5.82 Å². The minimum atomic E-state index is -0.751. The average molecular weight is 395 g/mol. The number of carbonyl (C=O) groups excluding carboxylic acids is 2. The lowest BCUT2D eigenvalue weighted by molar-refractivity contribution is -0.146. The minimum Gasteiger partial charge on any atom is -0.336 e. The Morgan fingerprint density at radius 2 is 1.72 bits per heavy atom. The molecule has 29 heavy (non-hydrogen) atoms. The van der Waals surface area contributed by atoms with Gasteiger partial charge in [-0.3, -0.25) is 4.79 Å². The van der Waals surface area contributed by atoms with Gasteiger partial charge in [0.2, 0.25) is 5.91 Å². The van der Waals surface area contributed by atoms with Gasteiger partial charge in [-0.2, -0.15) is 0 Å². The summed E-state index contributed by atoms with van der Waals surface area (Å²) in [5, 5.41) is 2.87. The van der Waals surface area contributed by atoms with Crippen LogP contribution in [0.3, 0.4) is 0 Å². The number of nitrogens with zero attached hydrogens (tertiary/aromatic N) is 2. The maximum absolute atomic E-state index is 13.4. The Labute approximate surface area is 170 Å². The summed E-state index contributed by atoms with van der Waals surface area (Å²) >= 11 is 0. The number of rotatable bonds is 4. The molecule has 152 valence electrons. The van der Waals surface area contributed by atoms with Crippen molar-refractivity contribution in [3.8, 4) is 0 Å². The molecule has 1 spiro atoms. The van der Waals surface area contributed by atoms with E-state index in [9.17, 15) is 14.0 Å². The van der Waals surface area contributed by atoms with Gasteiger partial charge in [0.05, 0.1) is 0 Å². The molecule has 1 N–H and O–H groups in total. The number of nitrogens with one attached hydrogen (secondary N) is 1. The van der Waals surface area contributed by atoms with Gasteiger partial charge >= 0.3 is 6.03 Å². The first-order chi connectivity index (χ1) is 14.1. The second-order valence-electron chi connectivity index (χ2n) is 7.89. The third kappa shape index (κ3) is 3.97. The molecule has 2 aliphatic heterocycles. The maximum atomic E-state index is 13.4. The second-order valence-corrected chi connectivity index (χ2v) is 7.89. The van der Waals surface area contributed by atoms with Crippen molar-refractivity contribution in [1.29, 1.82) is 0 Å². The highest BCUT2D eigenvalue weighted by molar-refractivity contribution is 5.92. The smallest absolute Gasteiger partial charge is 0.318 e. The summed E-state index contributed by atoms with van der Waals surface area (Å²) in [6.07, 6.45) is 3.10.